The Balaban J connectivity index is 5.22. The predicted octanol–water partition coefficient (Wildman–Crippen LogP) is 25.4. The van der Waals surface area contributed by atoms with E-state index >= 15 is 0 Å². The molecule has 2 unspecified atom stereocenters. The predicted molar refractivity (Wildman–Crippen MR) is 419 cm³/mol. The van der Waals surface area contributed by atoms with Gasteiger partial charge in [-0.3, -0.25) is 37.3 Å². The SMILES string of the molecule is CCCCCCCCCCCCCCCCCCCCCCCC(=O)O[C@H](COC(=O)CCCCCCCCCCCCCCCCCCC)COP(=O)(O)OC[C@@H](O)COP(=O)(O)OC[C@@H](COC(=O)CCCCCCCCCCCCCC)OC(=O)CCCCCCCCCCCCCC. The van der Waals surface area contributed by atoms with Gasteiger partial charge in [0, 0.05) is 25.7 Å². The second-order valence-electron chi connectivity index (χ2n) is 29.9. The average Bonchev–Trinajstić information content (AvgIpc) is 0.917. The van der Waals surface area contributed by atoms with E-state index in [0.29, 0.717) is 25.7 Å². The largest absolute Gasteiger partial charge is 0.472 e. The highest BCUT2D eigenvalue weighted by Gasteiger charge is 2.30. The molecule has 102 heavy (non-hydrogen) atoms. The quantitative estimate of drug-likeness (QED) is 0.0222. The van der Waals surface area contributed by atoms with Crippen LogP contribution in [0.1, 0.15) is 451 Å². The van der Waals surface area contributed by atoms with E-state index in [4.69, 9.17) is 37.0 Å². The fourth-order valence-corrected chi connectivity index (χ4v) is 14.6. The van der Waals surface area contributed by atoms with Gasteiger partial charge in [0.1, 0.15) is 19.3 Å². The summed E-state index contributed by atoms with van der Waals surface area (Å²) in [5.41, 5.74) is 0. The Morgan fingerprint density at radius 2 is 0.392 bits per heavy atom. The minimum Gasteiger partial charge on any atom is -0.462 e. The number of ether oxygens (including phenoxy) is 4. The van der Waals surface area contributed by atoms with Gasteiger partial charge in [0.15, 0.2) is 12.2 Å². The van der Waals surface area contributed by atoms with Crippen LogP contribution in [-0.2, 0) is 65.4 Å². The zero-order chi connectivity index (χ0) is 74.6. The molecule has 0 saturated carbocycles. The lowest BCUT2D eigenvalue weighted by molar-refractivity contribution is -0.161. The third kappa shape index (κ3) is 76.3. The van der Waals surface area contributed by atoms with E-state index in [0.717, 1.165) is 89.9 Å². The second-order valence-corrected chi connectivity index (χ2v) is 32.8. The Labute approximate surface area is 626 Å². The number of aliphatic hydroxyl groups is 1. The molecule has 0 heterocycles. The van der Waals surface area contributed by atoms with Gasteiger partial charge in [0.25, 0.3) is 0 Å². The summed E-state index contributed by atoms with van der Waals surface area (Å²) in [6.07, 6.45) is 70.7. The smallest absolute Gasteiger partial charge is 0.462 e. The standard InChI is InChI=1S/C83H162O17P2/c1-5-9-13-17-21-25-29-33-35-37-38-39-40-42-44-46-50-54-58-62-66-70-83(88)100-79(74-94-81(86)68-64-60-56-52-49-45-43-41-36-34-30-26-22-18-14-10-6-2)76-98-102(91,92)96-72-77(84)71-95-101(89,90)97-75-78(99-82(87)69-65-61-57-53-48-32-28-24-20-16-12-8-4)73-93-80(85)67-63-59-55-51-47-31-27-23-19-15-11-7-3/h77-79,84H,5-76H2,1-4H3,(H,89,90)(H,91,92)/t77-,78+,79+/m0/s1. The molecule has 0 rings (SSSR count). The van der Waals surface area contributed by atoms with E-state index in [9.17, 15) is 43.2 Å². The molecule has 0 aliphatic rings. The van der Waals surface area contributed by atoms with Crippen molar-refractivity contribution >= 4 is 39.5 Å². The minimum atomic E-state index is -4.96. The molecule has 19 heteroatoms. The van der Waals surface area contributed by atoms with Gasteiger partial charge in [0.2, 0.25) is 0 Å². The second kappa shape index (κ2) is 77.2. The van der Waals surface area contributed by atoms with E-state index in [-0.39, 0.29) is 25.7 Å². The summed E-state index contributed by atoms with van der Waals surface area (Å²) in [6, 6.07) is 0. The number of unbranched alkanes of at least 4 members (excludes halogenated alkanes) is 58. The molecule has 0 aromatic carbocycles. The molecule has 0 aromatic rings. The monoisotopic (exact) mass is 1490 g/mol. The molecule has 0 amide bonds. The summed E-state index contributed by atoms with van der Waals surface area (Å²) in [5, 5.41) is 10.7. The molecule has 0 saturated heterocycles. The Morgan fingerprint density at radius 1 is 0.235 bits per heavy atom. The molecule has 0 radical (unpaired) electrons. The van der Waals surface area contributed by atoms with Crippen LogP contribution in [-0.4, -0.2) is 96.7 Å². The zero-order valence-corrected chi connectivity index (χ0v) is 68.4. The van der Waals surface area contributed by atoms with Crippen LogP contribution in [0.15, 0.2) is 0 Å². The molecule has 0 aromatic heterocycles. The Hall–Kier alpha value is -1.94. The number of carbonyl (C=O) groups excluding carboxylic acids is 4. The third-order valence-corrected chi connectivity index (χ3v) is 21.5. The van der Waals surface area contributed by atoms with Crippen LogP contribution in [0.5, 0.6) is 0 Å². The van der Waals surface area contributed by atoms with Crippen molar-refractivity contribution in [2.45, 2.75) is 470 Å². The summed E-state index contributed by atoms with van der Waals surface area (Å²) >= 11 is 0. The summed E-state index contributed by atoms with van der Waals surface area (Å²) in [5.74, 6) is -2.10. The van der Waals surface area contributed by atoms with Gasteiger partial charge in [0.05, 0.1) is 26.4 Å². The first-order chi connectivity index (χ1) is 49.7. The van der Waals surface area contributed by atoms with Gasteiger partial charge in [-0.2, -0.15) is 0 Å². The molecular formula is C83H162O17P2. The van der Waals surface area contributed by atoms with Crippen molar-refractivity contribution in [3.63, 3.8) is 0 Å². The minimum absolute atomic E-state index is 0.108. The van der Waals surface area contributed by atoms with Crippen molar-refractivity contribution in [2.75, 3.05) is 39.6 Å². The van der Waals surface area contributed by atoms with Gasteiger partial charge in [-0.25, -0.2) is 9.13 Å². The van der Waals surface area contributed by atoms with Gasteiger partial charge in [-0.05, 0) is 25.7 Å². The Bertz CT molecular complexity index is 1930. The van der Waals surface area contributed by atoms with Gasteiger partial charge in [-0.1, -0.05) is 400 Å². The van der Waals surface area contributed by atoms with Crippen LogP contribution in [0.2, 0.25) is 0 Å². The molecule has 0 aliphatic carbocycles. The molecule has 0 spiro atoms. The number of phosphoric ester groups is 2. The molecule has 0 fully saturated rings. The van der Waals surface area contributed by atoms with Crippen molar-refractivity contribution < 1.29 is 80.2 Å². The maximum Gasteiger partial charge on any atom is 0.472 e. The van der Waals surface area contributed by atoms with Crippen molar-refractivity contribution in [1.29, 1.82) is 0 Å². The first-order valence-corrected chi connectivity index (χ1v) is 46.3. The van der Waals surface area contributed by atoms with Crippen LogP contribution >= 0.6 is 15.6 Å². The van der Waals surface area contributed by atoms with Crippen LogP contribution < -0.4 is 0 Å². The van der Waals surface area contributed by atoms with E-state index in [2.05, 4.69) is 27.7 Å². The first kappa shape index (κ1) is 100. The number of hydrogen-bond acceptors (Lipinski definition) is 15. The highest BCUT2D eigenvalue weighted by molar-refractivity contribution is 7.47. The number of aliphatic hydroxyl groups excluding tert-OH is 1. The summed E-state index contributed by atoms with van der Waals surface area (Å²) in [6.45, 7) is 5.04. The van der Waals surface area contributed by atoms with Crippen molar-refractivity contribution in [3.05, 3.63) is 0 Å². The molecule has 0 bridgehead atoms. The molecule has 0 aliphatic heterocycles. The van der Waals surface area contributed by atoms with E-state index in [1.165, 1.54) is 283 Å². The van der Waals surface area contributed by atoms with Crippen molar-refractivity contribution in [3.8, 4) is 0 Å². The van der Waals surface area contributed by atoms with Crippen molar-refractivity contribution in [2.24, 2.45) is 0 Å². The van der Waals surface area contributed by atoms with Gasteiger partial charge in [-0.15, -0.1) is 0 Å². The lowest BCUT2D eigenvalue weighted by Crippen LogP contribution is -2.30. The first-order valence-electron chi connectivity index (χ1n) is 43.3. The highest BCUT2D eigenvalue weighted by Crippen LogP contribution is 2.45. The Morgan fingerprint density at radius 3 is 0.578 bits per heavy atom. The lowest BCUT2D eigenvalue weighted by Gasteiger charge is -2.21. The molecule has 17 nitrogen and oxygen atoms in total. The van der Waals surface area contributed by atoms with Crippen LogP contribution in [0.4, 0.5) is 0 Å². The molecule has 3 N–H and O–H groups in total. The lowest BCUT2D eigenvalue weighted by atomic mass is 10.0. The summed E-state index contributed by atoms with van der Waals surface area (Å²) in [7, 11) is -9.92. The van der Waals surface area contributed by atoms with E-state index < -0.39 is 97.5 Å². The summed E-state index contributed by atoms with van der Waals surface area (Å²) in [4.78, 5) is 73.1. The van der Waals surface area contributed by atoms with Crippen LogP contribution in [0.25, 0.3) is 0 Å². The molecule has 5 atom stereocenters. The maximum absolute atomic E-state index is 13.1. The highest BCUT2D eigenvalue weighted by atomic mass is 31.2. The van der Waals surface area contributed by atoms with E-state index in [1.807, 2.05) is 0 Å². The topological polar surface area (TPSA) is 237 Å². The zero-order valence-electron chi connectivity index (χ0n) is 66.6. The van der Waals surface area contributed by atoms with Crippen LogP contribution in [0, 0.1) is 0 Å². The molecular weight excluding hydrogens is 1330 g/mol. The van der Waals surface area contributed by atoms with Gasteiger partial charge >= 0.3 is 39.5 Å². The third-order valence-electron chi connectivity index (χ3n) is 19.6. The molecule has 606 valence electrons. The number of rotatable bonds is 84. The van der Waals surface area contributed by atoms with Gasteiger partial charge < -0.3 is 33.8 Å². The van der Waals surface area contributed by atoms with E-state index in [1.54, 1.807) is 0 Å². The van der Waals surface area contributed by atoms with Crippen molar-refractivity contribution in [1.82, 2.24) is 0 Å². The number of carbonyl (C=O) groups is 4. The Kier molecular flexibility index (Phi) is 75.8. The summed E-state index contributed by atoms with van der Waals surface area (Å²) < 4.78 is 68.8. The fraction of sp³-hybridized carbons (Fsp3) is 0.952. The number of phosphoric acid groups is 2. The fourth-order valence-electron chi connectivity index (χ4n) is 13.0. The number of hydrogen-bond donors (Lipinski definition) is 3. The average molecular weight is 1490 g/mol. The normalized spacial score (nSPS) is 13.8. The van der Waals surface area contributed by atoms with Crippen LogP contribution in [0.3, 0.4) is 0 Å². The maximum atomic E-state index is 13.1. The number of esters is 4.